The van der Waals surface area contributed by atoms with Crippen molar-refractivity contribution in [2.45, 2.75) is 70.8 Å². The summed E-state index contributed by atoms with van der Waals surface area (Å²) in [5, 5.41) is 16.5. The van der Waals surface area contributed by atoms with E-state index in [0.29, 0.717) is 5.69 Å². The van der Waals surface area contributed by atoms with Crippen molar-refractivity contribution in [1.82, 2.24) is 25.1 Å². The molecule has 0 saturated carbocycles. The summed E-state index contributed by atoms with van der Waals surface area (Å²) >= 11 is 0. The van der Waals surface area contributed by atoms with Crippen LogP contribution in [0, 0.1) is 0 Å². The van der Waals surface area contributed by atoms with E-state index < -0.39 is 50.9 Å². The van der Waals surface area contributed by atoms with E-state index >= 15 is 0 Å². The Morgan fingerprint density at radius 1 is 1.13 bits per heavy atom. The molecule has 2 N–H and O–H groups in total. The molecule has 14 heteroatoms. The first-order valence-corrected chi connectivity index (χ1v) is 13.7. The van der Waals surface area contributed by atoms with Crippen molar-refractivity contribution < 1.29 is 36.2 Å². The quantitative estimate of drug-likeness (QED) is 0.395. The second-order valence-electron chi connectivity index (χ2n) is 9.57. The predicted octanol–water partition coefficient (Wildman–Crippen LogP) is 4.02. The number of hydrogen-bond acceptors (Lipinski definition) is 8. The van der Waals surface area contributed by atoms with Crippen molar-refractivity contribution in [2.24, 2.45) is 0 Å². The molecule has 3 aromatic heterocycles. The fourth-order valence-corrected chi connectivity index (χ4v) is 4.54. The van der Waals surface area contributed by atoms with E-state index in [2.05, 4.69) is 20.4 Å². The molecule has 39 heavy (non-hydrogen) atoms. The van der Waals surface area contributed by atoms with Crippen LogP contribution in [0.1, 0.15) is 67.5 Å². The van der Waals surface area contributed by atoms with Gasteiger partial charge >= 0.3 is 6.18 Å². The third kappa shape index (κ3) is 6.56. The molecule has 0 aromatic carbocycles. The maximum atomic E-state index is 13.9. The van der Waals surface area contributed by atoms with E-state index in [1.807, 2.05) is 0 Å². The van der Waals surface area contributed by atoms with Crippen molar-refractivity contribution >= 4 is 15.7 Å². The molecule has 0 fully saturated rings. The predicted molar refractivity (Wildman–Crippen MR) is 135 cm³/mol. The summed E-state index contributed by atoms with van der Waals surface area (Å²) in [6.45, 7) is 7.52. The highest BCUT2D eigenvalue weighted by Gasteiger charge is 2.39. The number of amides is 1. The Labute approximate surface area is 224 Å². The van der Waals surface area contributed by atoms with Crippen LogP contribution in [0.15, 0.2) is 35.6 Å². The molecule has 0 aliphatic carbocycles. The minimum Gasteiger partial charge on any atom is -0.437 e. The highest BCUT2D eigenvalue weighted by atomic mass is 32.2. The number of halogens is 3. The van der Waals surface area contributed by atoms with E-state index in [0.717, 1.165) is 12.4 Å². The number of carbonyl (C=O) groups is 1. The van der Waals surface area contributed by atoms with Crippen molar-refractivity contribution in [3.8, 4) is 11.6 Å². The van der Waals surface area contributed by atoms with Crippen LogP contribution in [0.25, 0.3) is 0 Å². The Balaban J connectivity index is 1.98. The summed E-state index contributed by atoms with van der Waals surface area (Å²) in [6.07, 6.45) is -1.62. The average Bonchev–Trinajstić information content (AvgIpc) is 3.25. The molecular weight excluding hydrogens is 539 g/mol. The van der Waals surface area contributed by atoms with Gasteiger partial charge in [0.25, 0.3) is 5.91 Å². The van der Waals surface area contributed by atoms with Crippen LogP contribution in [0.2, 0.25) is 0 Å². The molecular formula is C25H30F3N5O5S. The lowest BCUT2D eigenvalue weighted by atomic mass is 10.1. The van der Waals surface area contributed by atoms with Gasteiger partial charge in [0.1, 0.15) is 5.56 Å². The fourth-order valence-electron chi connectivity index (χ4n) is 3.72. The number of alkyl halides is 3. The zero-order chi connectivity index (χ0) is 29.2. The van der Waals surface area contributed by atoms with Gasteiger partial charge in [-0.25, -0.2) is 13.1 Å². The molecule has 212 valence electrons. The van der Waals surface area contributed by atoms with Gasteiger partial charge in [0.2, 0.25) is 5.88 Å². The summed E-state index contributed by atoms with van der Waals surface area (Å²) in [6, 6.07) is 2.88. The zero-order valence-corrected chi connectivity index (χ0v) is 22.9. The van der Waals surface area contributed by atoms with Crippen LogP contribution in [-0.4, -0.2) is 44.9 Å². The Bertz CT molecular complexity index is 1450. The monoisotopic (exact) mass is 569 g/mol. The van der Waals surface area contributed by atoms with Crippen LogP contribution in [0.3, 0.4) is 0 Å². The van der Waals surface area contributed by atoms with E-state index in [1.54, 1.807) is 27.7 Å². The number of nitrogens with zero attached hydrogens (tertiary/aromatic N) is 4. The number of pyridine rings is 2. The number of nitrogens with one attached hydrogen (secondary N) is 1. The number of ether oxygens (including phenoxy) is 1. The largest absolute Gasteiger partial charge is 0.437 e. The van der Waals surface area contributed by atoms with Gasteiger partial charge in [-0.15, -0.1) is 0 Å². The van der Waals surface area contributed by atoms with Crippen LogP contribution >= 0.6 is 0 Å². The molecule has 1 amide bonds. The van der Waals surface area contributed by atoms with Crippen LogP contribution < -0.4 is 10.1 Å². The van der Waals surface area contributed by atoms with Crippen LogP contribution in [-0.2, 0) is 41.1 Å². The smallest absolute Gasteiger partial charge is 0.420 e. The van der Waals surface area contributed by atoms with E-state index in [1.165, 1.54) is 29.9 Å². The molecule has 0 atom stereocenters. The second-order valence-corrected chi connectivity index (χ2v) is 11.8. The molecule has 0 saturated heterocycles. The fraction of sp³-hybridized carbons (Fsp3) is 0.440. The number of hydrogen-bond donors (Lipinski definition) is 2. The highest BCUT2D eigenvalue weighted by Crippen LogP contribution is 2.42. The number of sulfone groups is 1. The third-order valence-corrected chi connectivity index (χ3v) is 7.48. The van der Waals surface area contributed by atoms with Gasteiger partial charge < -0.3 is 15.2 Å². The number of rotatable bonds is 9. The maximum absolute atomic E-state index is 13.9. The van der Waals surface area contributed by atoms with E-state index in [-0.39, 0.29) is 40.8 Å². The molecule has 0 spiro atoms. The average molecular weight is 570 g/mol. The molecule has 3 rings (SSSR count). The Morgan fingerprint density at radius 2 is 1.82 bits per heavy atom. The van der Waals surface area contributed by atoms with Crippen LogP contribution in [0.4, 0.5) is 13.2 Å². The molecule has 3 heterocycles. The number of aromatic nitrogens is 4. The Kier molecular flexibility index (Phi) is 8.70. The summed E-state index contributed by atoms with van der Waals surface area (Å²) in [4.78, 5) is 21.1. The van der Waals surface area contributed by atoms with Crippen LogP contribution in [0.5, 0.6) is 11.6 Å². The van der Waals surface area contributed by atoms with Crippen molar-refractivity contribution in [2.75, 3.05) is 5.75 Å². The molecule has 3 aromatic rings. The molecule has 0 aliphatic rings. The second kappa shape index (κ2) is 11.3. The molecule has 0 radical (unpaired) electrons. The first kappa shape index (κ1) is 30.0. The van der Waals surface area contributed by atoms with E-state index in [4.69, 9.17) is 4.74 Å². The Morgan fingerprint density at radius 3 is 2.33 bits per heavy atom. The first-order chi connectivity index (χ1) is 18.1. The first-order valence-electron chi connectivity index (χ1n) is 12.0. The number of aliphatic hydroxyl groups is 1. The van der Waals surface area contributed by atoms with Crippen molar-refractivity contribution in [3.63, 3.8) is 0 Å². The highest BCUT2D eigenvalue weighted by molar-refractivity contribution is 7.91. The van der Waals surface area contributed by atoms with Gasteiger partial charge in [-0.05, 0) is 39.3 Å². The lowest BCUT2D eigenvalue weighted by molar-refractivity contribution is -0.139. The summed E-state index contributed by atoms with van der Waals surface area (Å²) in [5.74, 6) is -1.39. The van der Waals surface area contributed by atoms with Gasteiger partial charge in [-0.3, -0.25) is 14.8 Å². The summed E-state index contributed by atoms with van der Waals surface area (Å²) in [5.41, 5.74) is -1.81. The van der Waals surface area contributed by atoms with Crippen molar-refractivity contribution in [3.05, 3.63) is 58.8 Å². The normalized spacial score (nSPS) is 12.4. The molecule has 0 bridgehead atoms. The standard InChI is InChI=1S/C25H30F3N5O5S/c1-6-18-21(22(35)31-11-16-8-9-17(12-30-16)39(36,37)7-2)32-33(24(3,4)5)23(18)38-19-13-29-10-15(14-34)20(19)25(26,27)28/h8-10,12-13,34H,6-7,11,14H2,1-5H3,(H,31,35). The summed E-state index contributed by atoms with van der Waals surface area (Å²) in [7, 11) is -3.42. The third-order valence-electron chi connectivity index (χ3n) is 5.76. The molecule has 0 aliphatic heterocycles. The Hall–Kier alpha value is -3.52. The molecule has 10 nitrogen and oxygen atoms in total. The van der Waals surface area contributed by atoms with Gasteiger partial charge in [0.05, 0.1) is 41.2 Å². The van der Waals surface area contributed by atoms with Gasteiger partial charge in [-0.1, -0.05) is 13.8 Å². The minimum atomic E-state index is -4.84. The molecule has 0 unspecified atom stereocenters. The maximum Gasteiger partial charge on any atom is 0.420 e. The SMILES string of the molecule is CCc1c(C(=O)NCc2ccc(S(=O)(=O)CC)cn2)nn(C(C)(C)C)c1Oc1cncc(CO)c1C(F)(F)F. The minimum absolute atomic E-state index is 0.0479. The topological polar surface area (TPSA) is 136 Å². The van der Waals surface area contributed by atoms with Gasteiger partial charge in [0, 0.05) is 23.5 Å². The number of aliphatic hydroxyl groups excluding tert-OH is 1. The summed E-state index contributed by atoms with van der Waals surface area (Å²) < 4.78 is 72.7. The zero-order valence-electron chi connectivity index (χ0n) is 22.1. The van der Waals surface area contributed by atoms with E-state index in [9.17, 15) is 31.5 Å². The van der Waals surface area contributed by atoms with Gasteiger partial charge in [-0.2, -0.15) is 18.3 Å². The van der Waals surface area contributed by atoms with Crippen molar-refractivity contribution in [1.29, 1.82) is 0 Å². The lowest BCUT2D eigenvalue weighted by Crippen LogP contribution is -2.27. The number of carbonyl (C=O) groups excluding carboxylic acids is 1. The van der Waals surface area contributed by atoms with Gasteiger partial charge in [0.15, 0.2) is 21.3 Å². The lowest BCUT2D eigenvalue weighted by Gasteiger charge is -2.23.